The Morgan fingerprint density at radius 1 is 0.316 bits per heavy atom. The molecule has 0 rings (SSSR count). The van der Waals surface area contributed by atoms with Gasteiger partial charge in [-0.3, -0.25) is 4.79 Å². The monoisotopic (exact) mass is 1090 g/mol. The number of carbonyl (C=O) groups is 1. The van der Waals surface area contributed by atoms with Crippen molar-refractivity contribution >= 4 is 5.91 Å². The number of allylic oxidation sites excluding steroid dienone is 19. The summed E-state index contributed by atoms with van der Waals surface area (Å²) in [6.45, 7) is 4.20. The number of rotatable bonds is 62. The normalized spacial score (nSPS) is 13.5. The summed E-state index contributed by atoms with van der Waals surface area (Å²) in [6, 6.07) is -0.654. The molecule has 0 fully saturated rings. The molecule has 1 amide bonds. The van der Waals surface area contributed by atoms with Crippen molar-refractivity contribution in [2.24, 2.45) is 0 Å². The van der Waals surface area contributed by atoms with Crippen LogP contribution in [0, 0.1) is 0 Å². The first-order valence-electron chi connectivity index (χ1n) is 34.2. The molecule has 0 saturated heterocycles. The van der Waals surface area contributed by atoms with E-state index in [4.69, 9.17) is 0 Å². The Bertz CT molecular complexity index is 1520. The van der Waals surface area contributed by atoms with Gasteiger partial charge in [-0.15, -0.1) is 0 Å². The van der Waals surface area contributed by atoms with E-state index in [0.717, 1.165) is 83.5 Å². The zero-order valence-electron chi connectivity index (χ0n) is 52.4. The highest BCUT2D eigenvalue weighted by molar-refractivity contribution is 5.76. The van der Waals surface area contributed by atoms with Crippen molar-refractivity contribution in [3.05, 3.63) is 122 Å². The fraction of sp³-hybridized carbons (Fsp3) is 0.720. The van der Waals surface area contributed by atoms with Crippen molar-refractivity contribution in [1.29, 1.82) is 0 Å². The summed E-state index contributed by atoms with van der Waals surface area (Å²) in [6.07, 6.45) is 106. The van der Waals surface area contributed by atoms with Crippen LogP contribution in [0.1, 0.15) is 328 Å². The summed E-state index contributed by atoms with van der Waals surface area (Å²) in [4.78, 5) is 12.5. The smallest absolute Gasteiger partial charge is 0.220 e. The Hall–Kier alpha value is -3.21. The molecule has 0 aromatic carbocycles. The van der Waals surface area contributed by atoms with Crippen LogP contribution in [-0.4, -0.2) is 34.9 Å². The molecule has 0 radical (unpaired) electrons. The number of aliphatic hydroxyl groups excluding tert-OH is 2. The summed E-state index contributed by atoms with van der Waals surface area (Å²) in [5, 5.41) is 23.2. The van der Waals surface area contributed by atoms with E-state index >= 15 is 0 Å². The van der Waals surface area contributed by atoms with Crippen LogP contribution < -0.4 is 5.32 Å². The molecule has 2 atom stereocenters. The maximum atomic E-state index is 12.5. The van der Waals surface area contributed by atoms with Crippen LogP contribution in [-0.2, 0) is 4.79 Å². The molecule has 3 N–H and O–H groups in total. The summed E-state index contributed by atoms with van der Waals surface area (Å²) in [5.41, 5.74) is 0. The Kier molecular flexibility index (Phi) is 66.3. The van der Waals surface area contributed by atoms with Gasteiger partial charge in [0.25, 0.3) is 0 Å². The van der Waals surface area contributed by atoms with E-state index in [9.17, 15) is 15.0 Å². The van der Waals surface area contributed by atoms with E-state index in [1.807, 2.05) is 6.08 Å². The molecule has 454 valence electrons. The van der Waals surface area contributed by atoms with Crippen molar-refractivity contribution in [1.82, 2.24) is 5.32 Å². The second kappa shape index (κ2) is 69.1. The number of carbonyl (C=O) groups excluding carboxylic acids is 1. The predicted molar refractivity (Wildman–Crippen MR) is 354 cm³/mol. The molecule has 0 saturated carbocycles. The van der Waals surface area contributed by atoms with E-state index in [-0.39, 0.29) is 12.5 Å². The lowest BCUT2D eigenvalue weighted by molar-refractivity contribution is -0.123. The van der Waals surface area contributed by atoms with Crippen LogP contribution >= 0.6 is 0 Å². The standard InChI is InChI=1S/C75H131NO3/c1-3-5-7-9-11-13-15-17-19-21-23-25-27-29-31-33-35-36-37-38-39-40-41-43-45-47-49-51-53-55-57-59-61-63-65-67-69-71-75(79)76-73(72-77)74(78)70-68-66-64-62-60-58-56-54-52-50-48-46-44-42-34-32-30-28-26-24-22-20-18-16-14-12-10-8-6-4-2/h5,7,11,13,17,19,23,25,29,31,35-36,38-39,52,54,60,62,68,70,73-74,77-78H,3-4,6,8-10,12,14-16,18,20-22,24,26-28,30,32-34,37,40-51,53,55-59,61,63-67,69,71-72H2,1-2H3,(H,76,79)/b7-5-,13-11-,19-17-,25-23-,31-29-,36-35-,39-38-,54-52+,62-60+,70-68+. The third kappa shape index (κ3) is 65.5. The molecular weight excluding hydrogens is 963 g/mol. The predicted octanol–water partition coefficient (Wildman–Crippen LogP) is 23.5. The van der Waals surface area contributed by atoms with Crippen molar-refractivity contribution in [3.8, 4) is 0 Å². The average molecular weight is 1090 g/mol. The zero-order chi connectivity index (χ0) is 56.9. The number of hydrogen-bond donors (Lipinski definition) is 3. The minimum Gasteiger partial charge on any atom is -0.394 e. The summed E-state index contributed by atoms with van der Waals surface area (Å²) in [5.74, 6) is -0.0789. The van der Waals surface area contributed by atoms with Crippen molar-refractivity contribution in [2.75, 3.05) is 6.61 Å². The van der Waals surface area contributed by atoms with Gasteiger partial charge in [-0.25, -0.2) is 0 Å². The second-order valence-corrected chi connectivity index (χ2v) is 22.8. The minimum atomic E-state index is -0.879. The fourth-order valence-corrected chi connectivity index (χ4v) is 10.0. The molecule has 0 spiro atoms. The molecule has 0 bridgehead atoms. The van der Waals surface area contributed by atoms with Crippen LogP contribution in [0.25, 0.3) is 0 Å². The molecule has 0 aromatic heterocycles. The highest BCUT2D eigenvalue weighted by Crippen LogP contribution is 2.17. The molecular formula is C75H131NO3. The van der Waals surface area contributed by atoms with E-state index in [0.29, 0.717) is 6.42 Å². The van der Waals surface area contributed by atoms with Gasteiger partial charge >= 0.3 is 0 Å². The average Bonchev–Trinajstić information content (AvgIpc) is 3.45. The molecule has 0 heterocycles. The van der Waals surface area contributed by atoms with Gasteiger partial charge in [0.05, 0.1) is 18.8 Å². The van der Waals surface area contributed by atoms with Gasteiger partial charge in [-0.1, -0.05) is 341 Å². The summed E-state index contributed by atoms with van der Waals surface area (Å²) in [7, 11) is 0. The maximum Gasteiger partial charge on any atom is 0.220 e. The number of nitrogens with one attached hydrogen (secondary N) is 1. The lowest BCUT2D eigenvalue weighted by atomic mass is 10.0. The van der Waals surface area contributed by atoms with Crippen molar-refractivity contribution in [2.45, 2.75) is 341 Å². The van der Waals surface area contributed by atoms with E-state index in [1.165, 1.54) is 225 Å². The van der Waals surface area contributed by atoms with Gasteiger partial charge in [-0.2, -0.15) is 0 Å². The Labute approximate surface area is 492 Å². The molecule has 0 aliphatic carbocycles. The molecule has 0 aliphatic heterocycles. The van der Waals surface area contributed by atoms with Crippen molar-refractivity contribution < 1.29 is 15.0 Å². The van der Waals surface area contributed by atoms with E-state index in [2.05, 4.69) is 129 Å². The van der Waals surface area contributed by atoms with Gasteiger partial charge in [0.1, 0.15) is 0 Å². The summed E-state index contributed by atoms with van der Waals surface area (Å²) < 4.78 is 0. The van der Waals surface area contributed by atoms with Gasteiger partial charge in [0.2, 0.25) is 5.91 Å². The van der Waals surface area contributed by atoms with Gasteiger partial charge in [-0.05, 0) is 103 Å². The van der Waals surface area contributed by atoms with E-state index in [1.54, 1.807) is 6.08 Å². The number of amides is 1. The quantitative estimate of drug-likeness (QED) is 0.0420. The third-order valence-corrected chi connectivity index (χ3v) is 15.2. The topological polar surface area (TPSA) is 69.6 Å². The van der Waals surface area contributed by atoms with Gasteiger partial charge < -0.3 is 15.5 Å². The molecule has 2 unspecified atom stereocenters. The first-order valence-corrected chi connectivity index (χ1v) is 34.2. The lowest BCUT2D eigenvalue weighted by Crippen LogP contribution is -2.45. The van der Waals surface area contributed by atoms with Crippen LogP contribution in [0.15, 0.2) is 122 Å². The maximum absolute atomic E-state index is 12.5. The highest BCUT2D eigenvalue weighted by atomic mass is 16.3. The third-order valence-electron chi connectivity index (χ3n) is 15.2. The Balaban J connectivity index is 3.55. The number of unbranched alkanes of at least 4 members (excludes halogenated alkanes) is 37. The van der Waals surface area contributed by atoms with Crippen LogP contribution in [0.3, 0.4) is 0 Å². The second-order valence-electron chi connectivity index (χ2n) is 22.8. The first kappa shape index (κ1) is 75.8. The summed E-state index contributed by atoms with van der Waals surface area (Å²) >= 11 is 0. The minimum absolute atomic E-state index is 0.0789. The number of aliphatic hydroxyl groups is 2. The lowest BCUT2D eigenvalue weighted by Gasteiger charge is -2.19. The molecule has 0 aromatic rings. The first-order chi connectivity index (χ1) is 39.2. The molecule has 0 aliphatic rings. The fourth-order valence-electron chi connectivity index (χ4n) is 10.0. The molecule has 4 nitrogen and oxygen atoms in total. The number of hydrogen-bond acceptors (Lipinski definition) is 3. The van der Waals surface area contributed by atoms with Gasteiger partial charge in [0, 0.05) is 6.42 Å². The molecule has 79 heavy (non-hydrogen) atoms. The highest BCUT2D eigenvalue weighted by Gasteiger charge is 2.18. The Morgan fingerprint density at radius 2 is 0.570 bits per heavy atom. The largest absolute Gasteiger partial charge is 0.394 e. The van der Waals surface area contributed by atoms with Gasteiger partial charge in [0.15, 0.2) is 0 Å². The molecule has 4 heteroatoms. The van der Waals surface area contributed by atoms with Crippen LogP contribution in [0.2, 0.25) is 0 Å². The van der Waals surface area contributed by atoms with Crippen molar-refractivity contribution in [3.63, 3.8) is 0 Å². The van der Waals surface area contributed by atoms with Crippen LogP contribution in [0.4, 0.5) is 0 Å². The van der Waals surface area contributed by atoms with Crippen LogP contribution in [0.5, 0.6) is 0 Å². The Morgan fingerprint density at radius 3 is 0.886 bits per heavy atom. The SMILES string of the molecule is CC/C=C\C/C=C\C/C=C\C/C=C\C/C=C\C/C=C\C/C=C\CCCCCCCCCCCCCCCCCC(=O)NC(CO)C(O)/C=C/CC/C=C/CC/C=C/CCCCCCCCCCCCCCCCCCCCCC. The zero-order valence-corrected chi connectivity index (χ0v) is 52.4. The van der Waals surface area contributed by atoms with E-state index < -0.39 is 12.1 Å².